The summed E-state index contributed by atoms with van der Waals surface area (Å²) in [6.45, 7) is 5.39. The first-order valence-corrected chi connectivity index (χ1v) is 8.24. The second kappa shape index (κ2) is 11.1. The van der Waals surface area contributed by atoms with E-state index in [9.17, 15) is 4.79 Å². The monoisotopic (exact) mass is 375 g/mol. The van der Waals surface area contributed by atoms with Crippen LogP contribution in [-0.2, 0) is 23.7 Å². The molecular formula is C16H29N3O7. The van der Waals surface area contributed by atoms with Crippen molar-refractivity contribution in [1.29, 1.82) is 0 Å². The number of amides is 1. The van der Waals surface area contributed by atoms with Crippen LogP contribution < -0.4 is 5.32 Å². The summed E-state index contributed by atoms with van der Waals surface area (Å²) in [5.41, 5.74) is -0.493. The number of carbonyl (C=O) groups is 1. The molecule has 2 atom stereocenters. The molecule has 2 heterocycles. The normalized spacial score (nSPS) is 20.3. The number of nitrogens with zero attached hydrogens (tertiary/aromatic N) is 2. The van der Waals surface area contributed by atoms with E-state index in [1.54, 1.807) is 0 Å². The van der Waals surface area contributed by atoms with Crippen LogP contribution in [0.5, 0.6) is 0 Å². The highest BCUT2D eigenvalue weighted by molar-refractivity contribution is 5.68. The summed E-state index contributed by atoms with van der Waals surface area (Å²) < 4.78 is 29.3. The lowest BCUT2D eigenvalue weighted by molar-refractivity contribution is -0.252. The minimum absolute atomic E-state index is 0.0435. The Labute approximate surface area is 153 Å². The van der Waals surface area contributed by atoms with Gasteiger partial charge in [0.2, 0.25) is 6.39 Å². The van der Waals surface area contributed by atoms with Gasteiger partial charge in [-0.15, -0.1) is 0 Å². The Bertz CT molecular complexity index is 487. The topological polar surface area (TPSA) is 114 Å². The first-order chi connectivity index (χ1) is 12.3. The van der Waals surface area contributed by atoms with Crippen molar-refractivity contribution in [2.75, 3.05) is 27.9 Å². The number of nitrogens with one attached hydrogen (secondary N) is 1. The molecule has 1 saturated heterocycles. The number of methoxy groups -OCH3 is 3. The molecule has 1 fully saturated rings. The molecule has 0 spiro atoms. The summed E-state index contributed by atoms with van der Waals surface area (Å²) >= 11 is 0. The van der Waals surface area contributed by atoms with Gasteiger partial charge in [0, 0.05) is 21.3 Å². The van der Waals surface area contributed by atoms with Gasteiger partial charge in [0.05, 0.1) is 12.6 Å². The predicted molar refractivity (Wildman–Crippen MR) is 90.2 cm³/mol. The van der Waals surface area contributed by atoms with E-state index < -0.39 is 18.2 Å². The SMILES string of the molecule is CC(C)(C)OC(=O)N[C@@H]1CC[C@@H](c2ncon2)OC1.COC(OC)OC. The van der Waals surface area contributed by atoms with Crippen molar-refractivity contribution in [3.05, 3.63) is 12.2 Å². The van der Waals surface area contributed by atoms with Crippen LogP contribution in [0.15, 0.2) is 10.9 Å². The quantitative estimate of drug-likeness (QED) is 0.772. The summed E-state index contributed by atoms with van der Waals surface area (Å²) in [5, 5.41) is 6.54. The number of alkyl carbamates (subject to hydrolysis) is 1. The molecule has 0 radical (unpaired) electrons. The Kier molecular flexibility index (Phi) is 9.49. The Morgan fingerprint density at radius 3 is 2.27 bits per heavy atom. The van der Waals surface area contributed by atoms with E-state index in [-0.39, 0.29) is 12.1 Å². The van der Waals surface area contributed by atoms with Crippen LogP contribution in [0.1, 0.15) is 45.5 Å². The Hall–Kier alpha value is -1.75. The second-order valence-electron chi connectivity index (χ2n) is 6.53. The minimum Gasteiger partial charge on any atom is -0.444 e. The van der Waals surface area contributed by atoms with Crippen LogP contribution in [0.25, 0.3) is 0 Å². The van der Waals surface area contributed by atoms with Gasteiger partial charge in [-0.2, -0.15) is 4.98 Å². The standard InChI is InChI=1S/C12H19N3O4.C4H10O3/c1-12(2,3)19-11(16)14-8-4-5-9(17-6-8)10-13-7-18-15-10;1-5-4(6-2)7-3/h7-9H,4-6H2,1-3H3,(H,14,16);4H,1-3H3/t8-,9+;/m1./s1. The molecule has 1 aliphatic rings. The van der Waals surface area contributed by atoms with Gasteiger partial charge < -0.3 is 33.5 Å². The number of aromatic nitrogens is 2. The number of hydrogen-bond donors (Lipinski definition) is 1. The zero-order chi connectivity index (χ0) is 19.6. The van der Waals surface area contributed by atoms with E-state index in [0.717, 1.165) is 12.8 Å². The molecular weight excluding hydrogens is 346 g/mol. The van der Waals surface area contributed by atoms with Gasteiger partial charge in [-0.3, -0.25) is 0 Å². The van der Waals surface area contributed by atoms with Crippen LogP contribution in [0.2, 0.25) is 0 Å². The van der Waals surface area contributed by atoms with Gasteiger partial charge in [-0.05, 0) is 33.6 Å². The zero-order valence-corrected chi connectivity index (χ0v) is 16.2. The lowest BCUT2D eigenvalue weighted by Crippen LogP contribution is -2.43. The first kappa shape index (κ1) is 22.3. The van der Waals surface area contributed by atoms with E-state index in [0.29, 0.717) is 12.4 Å². The average Bonchev–Trinajstić information content (AvgIpc) is 3.10. The Balaban J connectivity index is 0.000000412. The van der Waals surface area contributed by atoms with Crippen LogP contribution in [0, 0.1) is 0 Å². The van der Waals surface area contributed by atoms with Crippen LogP contribution >= 0.6 is 0 Å². The van der Waals surface area contributed by atoms with E-state index >= 15 is 0 Å². The fraction of sp³-hybridized carbons (Fsp3) is 0.812. The van der Waals surface area contributed by atoms with E-state index in [4.69, 9.17) is 9.47 Å². The van der Waals surface area contributed by atoms with E-state index in [1.807, 2.05) is 20.8 Å². The largest absolute Gasteiger partial charge is 0.444 e. The minimum atomic E-state index is -0.514. The average molecular weight is 375 g/mol. The highest BCUT2D eigenvalue weighted by Crippen LogP contribution is 2.25. The summed E-state index contributed by atoms with van der Waals surface area (Å²) in [4.78, 5) is 15.6. The zero-order valence-electron chi connectivity index (χ0n) is 16.2. The van der Waals surface area contributed by atoms with Gasteiger partial charge in [0.25, 0.3) is 6.48 Å². The fourth-order valence-corrected chi connectivity index (χ4v) is 2.15. The fourth-order valence-electron chi connectivity index (χ4n) is 2.15. The van der Waals surface area contributed by atoms with Crippen LogP contribution in [-0.4, -0.2) is 62.3 Å². The molecule has 0 bridgehead atoms. The van der Waals surface area contributed by atoms with Crippen LogP contribution in [0.3, 0.4) is 0 Å². The summed E-state index contributed by atoms with van der Waals surface area (Å²) in [6.07, 6.45) is 2.23. The van der Waals surface area contributed by atoms with Crippen LogP contribution in [0.4, 0.5) is 4.79 Å². The summed E-state index contributed by atoms with van der Waals surface area (Å²) in [5.74, 6) is 0.552. The molecule has 1 amide bonds. The molecule has 26 heavy (non-hydrogen) atoms. The maximum atomic E-state index is 11.6. The lowest BCUT2D eigenvalue weighted by Gasteiger charge is -2.29. The summed E-state index contributed by atoms with van der Waals surface area (Å²) in [7, 11) is 4.53. The third-order valence-corrected chi connectivity index (χ3v) is 3.24. The van der Waals surface area contributed by atoms with Gasteiger partial charge in [-0.25, -0.2) is 4.79 Å². The molecule has 10 heteroatoms. The van der Waals surface area contributed by atoms with Crippen molar-refractivity contribution in [1.82, 2.24) is 15.5 Å². The van der Waals surface area contributed by atoms with Crippen molar-refractivity contribution in [3.63, 3.8) is 0 Å². The van der Waals surface area contributed by atoms with Crippen molar-refractivity contribution in [3.8, 4) is 0 Å². The predicted octanol–water partition coefficient (Wildman–Crippen LogP) is 2.02. The molecule has 0 unspecified atom stereocenters. The number of rotatable bonds is 5. The van der Waals surface area contributed by atoms with Crippen molar-refractivity contribution in [2.45, 2.75) is 57.8 Å². The molecule has 1 aromatic heterocycles. The van der Waals surface area contributed by atoms with Gasteiger partial charge in [0.1, 0.15) is 11.7 Å². The van der Waals surface area contributed by atoms with Gasteiger partial charge in [0.15, 0.2) is 5.82 Å². The van der Waals surface area contributed by atoms with E-state index in [2.05, 4.69) is 34.2 Å². The molecule has 10 nitrogen and oxygen atoms in total. The van der Waals surface area contributed by atoms with Crippen molar-refractivity contribution >= 4 is 6.09 Å². The molecule has 1 aromatic rings. The number of ether oxygens (including phenoxy) is 5. The highest BCUT2D eigenvalue weighted by atomic mass is 16.8. The molecule has 0 aliphatic carbocycles. The maximum Gasteiger partial charge on any atom is 0.407 e. The first-order valence-electron chi connectivity index (χ1n) is 8.24. The molecule has 1 aliphatic heterocycles. The molecule has 1 N–H and O–H groups in total. The second-order valence-corrected chi connectivity index (χ2v) is 6.53. The van der Waals surface area contributed by atoms with Gasteiger partial charge >= 0.3 is 6.09 Å². The van der Waals surface area contributed by atoms with Crippen molar-refractivity contribution < 1.29 is 33.0 Å². The smallest absolute Gasteiger partial charge is 0.407 e. The highest BCUT2D eigenvalue weighted by Gasteiger charge is 2.27. The lowest BCUT2D eigenvalue weighted by atomic mass is 10.0. The number of hydrogen-bond acceptors (Lipinski definition) is 9. The molecule has 2 rings (SSSR count). The maximum absolute atomic E-state index is 11.6. The van der Waals surface area contributed by atoms with E-state index in [1.165, 1.54) is 27.7 Å². The molecule has 0 saturated carbocycles. The van der Waals surface area contributed by atoms with Crippen molar-refractivity contribution in [2.24, 2.45) is 0 Å². The Morgan fingerprint density at radius 2 is 1.88 bits per heavy atom. The molecule has 150 valence electrons. The molecule has 0 aromatic carbocycles. The van der Waals surface area contributed by atoms with Gasteiger partial charge in [-0.1, -0.05) is 5.16 Å². The third-order valence-electron chi connectivity index (χ3n) is 3.24. The Morgan fingerprint density at radius 1 is 1.23 bits per heavy atom. The number of carbonyl (C=O) groups excluding carboxylic acids is 1. The summed E-state index contributed by atoms with van der Waals surface area (Å²) in [6, 6.07) is -0.0435. The third kappa shape index (κ3) is 8.56.